The molecule has 0 spiro atoms. The zero-order chi connectivity index (χ0) is 21.3. The van der Waals surface area contributed by atoms with Gasteiger partial charge in [-0.3, -0.25) is 14.4 Å². The number of carbonyl (C=O) groups is 2. The molecular weight excluding hydrogens is 382 g/mol. The highest BCUT2D eigenvalue weighted by molar-refractivity contribution is 6.11. The van der Waals surface area contributed by atoms with Crippen molar-refractivity contribution in [2.24, 2.45) is 5.73 Å². The number of primary amides is 1. The molecule has 3 N–H and O–H groups in total. The monoisotopic (exact) mass is 399 g/mol. The number of nitrogens with one attached hydrogen (secondary N) is 1. The number of hydrogen-bond acceptors (Lipinski definition) is 5. The Labute approximate surface area is 171 Å². The van der Waals surface area contributed by atoms with Crippen LogP contribution >= 0.6 is 0 Å². The Bertz CT molecular complexity index is 1340. The zero-order valence-electron chi connectivity index (χ0n) is 16.0. The first-order valence-corrected chi connectivity index (χ1v) is 9.16. The molecule has 148 valence electrons. The number of nitrogens with zero attached hydrogens (tertiary/aromatic N) is 1. The van der Waals surface area contributed by atoms with E-state index >= 15 is 0 Å². The number of para-hydroxylation sites is 1. The highest BCUT2D eigenvalue weighted by Gasteiger charge is 2.19. The number of amides is 2. The van der Waals surface area contributed by atoms with Crippen molar-refractivity contribution in [3.05, 3.63) is 93.8 Å². The van der Waals surface area contributed by atoms with Crippen molar-refractivity contribution in [1.82, 2.24) is 4.98 Å². The zero-order valence-corrected chi connectivity index (χ0v) is 16.0. The Balaban J connectivity index is 1.82. The number of carbonyl (C=O) groups excluding carboxylic acids is 2. The number of fused-ring (bicyclic) bond motifs is 1. The van der Waals surface area contributed by atoms with Crippen LogP contribution in [0.3, 0.4) is 0 Å². The van der Waals surface area contributed by atoms with Gasteiger partial charge in [0.2, 0.25) is 0 Å². The van der Waals surface area contributed by atoms with Gasteiger partial charge in [-0.2, -0.15) is 0 Å². The van der Waals surface area contributed by atoms with Crippen LogP contribution in [0.25, 0.3) is 22.3 Å². The molecule has 0 aliphatic carbocycles. The minimum atomic E-state index is -0.703. The number of pyridine rings is 1. The first-order valence-electron chi connectivity index (χ1n) is 9.16. The van der Waals surface area contributed by atoms with Crippen LogP contribution in [0.2, 0.25) is 0 Å². The molecule has 2 aromatic carbocycles. The largest absolute Gasteiger partial charge is 0.455 e. The highest BCUT2D eigenvalue weighted by atomic mass is 16.3. The lowest BCUT2D eigenvalue weighted by Gasteiger charge is -2.11. The van der Waals surface area contributed by atoms with Gasteiger partial charge in [0, 0.05) is 11.1 Å². The fourth-order valence-corrected chi connectivity index (χ4v) is 3.18. The molecule has 0 bridgehead atoms. The van der Waals surface area contributed by atoms with Crippen LogP contribution < -0.4 is 16.5 Å². The van der Waals surface area contributed by atoms with Crippen LogP contribution in [-0.2, 0) is 0 Å². The summed E-state index contributed by atoms with van der Waals surface area (Å²) in [6.07, 6.45) is 0. The van der Waals surface area contributed by atoms with E-state index in [1.165, 1.54) is 12.1 Å². The second-order valence-electron chi connectivity index (χ2n) is 6.66. The van der Waals surface area contributed by atoms with Crippen molar-refractivity contribution in [2.45, 2.75) is 6.92 Å². The van der Waals surface area contributed by atoms with E-state index in [2.05, 4.69) is 10.3 Å². The lowest BCUT2D eigenvalue weighted by atomic mass is 10.0. The second-order valence-corrected chi connectivity index (χ2v) is 6.66. The summed E-state index contributed by atoms with van der Waals surface area (Å²) in [4.78, 5) is 41.2. The predicted octanol–water partition coefficient (Wildman–Crippen LogP) is 3.51. The third-order valence-corrected chi connectivity index (χ3v) is 4.67. The third kappa shape index (κ3) is 3.44. The van der Waals surface area contributed by atoms with Crippen LogP contribution in [0.1, 0.15) is 26.4 Å². The van der Waals surface area contributed by atoms with E-state index in [4.69, 9.17) is 10.2 Å². The third-order valence-electron chi connectivity index (χ3n) is 4.67. The summed E-state index contributed by atoms with van der Waals surface area (Å²) < 4.78 is 6.06. The maximum atomic E-state index is 12.9. The van der Waals surface area contributed by atoms with Crippen molar-refractivity contribution < 1.29 is 14.0 Å². The van der Waals surface area contributed by atoms with Crippen LogP contribution in [0.4, 0.5) is 5.82 Å². The maximum Gasteiger partial charge on any atom is 0.267 e. The molecule has 4 rings (SSSR count). The second kappa shape index (κ2) is 7.63. The van der Waals surface area contributed by atoms with Crippen LogP contribution in [0, 0.1) is 6.92 Å². The number of hydrogen-bond donors (Lipinski definition) is 2. The number of anilines is 1. The van der Waals surface area contributed by atoms with Gasteiger partial charge in [-0.15, -0.1) is 0 Å². The van der Waals surface area contributed by atoms with E-state index in [-0.39, 0.29) is 28.1 Å². The maximum absolute atomic E-state index is 12.9. The molecule has 0 aliphatic heterocycles. The van der Waals surface area contributed by atoms with Gasteiger partial charge < -0.3 is 15.5 Å². The van der Waals surface area contributed by atoms with Crippen molar-refractivity contribution in [1.29, 1.82) is 0 Å². The van der Waals surface area contributed by atoms with Crippen molar-refractivity contribution in [3.63, 3.8) is 0 Å². The molecular formula is C23H17N3O4. The van der Waals surface area contributed by atoms with Crippen molar-refractivity contribution in [3.8, 4) is 11.3 Å². The average molecular weight is 399 g/mol. The summed E-state index contributed by atoms with van der Waals surface area (Å²) in [5.41, 5.74) is 6.60. The molecule has 0 unspecified atom stereocenters. The van der Waals surface area contributed by atoms with Crippen molar-refractivity contribution >= 4 is 28.6 Å². The molecule has 0 saturated heterocycles. The number of rotatable bonds is 4. The lowest BCUT2D eigenvalue weighted by Crippen LogP contribution is -2.18. The summed E-state index contributed by atoms with van der Waals surface area (Å²) in [5.74, 6) is -0.667. The van der Waals surface area contributed by atoms with Crippen LogP contribution in [-0.4, -0.2) is 16.8 Å². The van der Waals surface area contributed by atoms with E-state index in [0.29, 0.717) is 16.7 Å². The van der Waals surface area contributed by atoms with Gasteiger partial charge in [0.25, 0.3) is 11.8 Å². The van der Waals surface area contributed by atoms with Crippen molar-refractivity contribution in [2.75, 3.05) is 5.32 Å². The molecule has 2 amide bonds. The van der Waals surface area contributed by atoms with Crippen LogP contribution in [0.5, 0.6) is 0 Å². The molecule has 0 aliphatic rings. The molecule has 0 radical (unpaired) electrons. The van der Waals surface area contributed by atoms with E-state index in [1.54, 1.807) is 31.2 Å². The fraction of sp³-hybridized carbons (Fsp3) is 0.0435. The summed E-state index contributed by atoms with van der Waals surface area (Å²) in [6.45, 7) is 1.69. The summed E-state index contributed by atoms with van der Waals surface area (Å²) in [7, 11) is 0. The first-order chi connectivity index (χ1) is 14.5. The molecule has 0 fully saturated rings. The molecule has 7 heteroatoms. The predicted molar refractivity (Wildman–Crippen MR) is 113 cm³/mol. The van der Waals surface area contributed by atoms with Crippen LogP contribution in [0.15, 0.2) is 75.9 Å². The SMILES string of the molecule is Cc1c(-c2ccccc2)oc2c(C(=O)Nc3cccc(C(N)=O)n3)cccc2c1=O. The first kappa shape index (κ1) is 19.1. The standard InChI is InChI=1S/C23H17N3O4/c1-13-19(27)15-9-5-10-16(21(15)30-20(13)14-7-3-2-4-8-14)23(29)26-18-12-6-11-17(25-18)22(24)28/h2-12H,1H3,(H2,24,28)(H,25,26,29). The molecule has 30 heavy (non-hydrogen) atoms. The Morgan fingerprint density at radius 1 is 0.967 bits per heavy atom. The Kier molecular flexibility index (Phi) is 4.85. The van der Waals surface area contributed by atoms with E-state index in [9.17, 15) is 14.4 Å². The molecule has 0 saturated carbocycles. The summed E-state index contributed by atoms with van der Waals surface area (Å²) >= 11 is 0. The van der Waals surface area contributed by atoms with Gasteiger partial charge in [-0.1, -0.05) is 42.5 Å². The normalized spacial score (nSPS) is 10.7. The number of benzene rings is 2. The van der Waals surface area contributed by atoms with E-state index in [1.807, 2.05) is 30.3 Å². The van der Waals surface area contributed by atoms with E-state index < -0.39 is 11.8 Å². The quantitative estimate of drug-likeness (QED) is 0.545. The molecule has 2 aromatic heterocycles. The molecule has 4 aromatic rings. The number of nitrogens with two attached hydrogens (primary N) is 1. The summed E-state index contributed by atoms with van der Waals surface area (Å²) in [5, 5.41) is 2.92. The Hall–Kier alpha value is -4.26. The van der Waals surface area contributed by atoms with Gasteiger partial charge >= 0.3 is 0 Å². The number of aromatic nitrogens is 1. The minimum absolute atomic E-state index is 0.0271. The molecule has 0 atom stereocenters. The van der Waals surface area contributed by atoms with Gasteiger partial charge in [-0.05, 0) is 31.2 Å². The van der Waals surface area contributed by atoms with Gasteiger partial charge in [0.15, 0.2) is 11.0 Å². The average Bonchev–Trinajstić information content (AvgIpc) is 2.76. The molecule has 2 heterocycles. The summed E-state index contributed by atoms with van der Waals surface area (Å²) in [6, 6.07) is 18.5. The van der Waals surface area contributed by atoms with Gasteiger partial charge in [0.1, 0.15) is 17.3 Å². The highest BCUT2D eigenvalue weighted by Crippen LogP contribution is 2.27. The minimum Gasteiger partial charge on any atom is -0.455 e. The van der Waals surface area contributed by atoms with Gasteiger partial charge in [0.05, 0.1) is 10.9 Å². The Morgan fingerprint density at radius 2 is 1.70 bits per heavy atom. The Morgan fingerprint density at radius 3 is 2.43 bits per heavy atom. The van der Waals surface area contributed by atoms with E-state index in [0.717, 1.165) is 5.56 Å². The fourth-order valence-electron chi connectivity index (χ4n) is 3.18. The van der Waals surface area contributed by atoms with Gasteiger partial charge in [-0.25, -0.2) is 4.98 Å². The molecule has 7 nitrogen and oxygen atoms in total. The lowest BCUT2D eigenvalue weighted by molar-refractivity contribution is 0.0991. The topological polar surface area (TPSA) is 115 Å². The smallest absolute Gasteiger partial charge is 0.267 e.